The van der Waals surface area contributed by atoms with Crippen LogP contribution in [0.25, 0.3) is 22.4 Å². The predicted octanol–water partition coefficient (Wildman–Crippen LogP) is 4.08. The van der Waals surface area contributed by atoms with Gasteiger partial charge in [-0.25, -0.2) is 4.98 Å². The second-order valence-electron chi connectivity index (χ2n) is 4.36. The highest BCUT2D eigenvalue weighted by Gasteiger charge is 2.12. The summed E-state index contributed by atoms with van der Waals surface area (Å²) in [6.07, 6.45) is 0. The molecule has 0 atom stereocenters. The molecule has 0 aliphatic heterocycles. The maximum Gasteiger partial charge on any atom is 0.142 e. The summed E-state index contributed by atoms with van der Waals surface area (Å²) in [6.45, 7) is 0. The minimum atomic E-state index is 0.706. The Hall–Kier alpha value is -1.27. The molecule has 0 saturated heterocycles. The van der Waals surface area contributed by atoms with Gasteiger partial charge >= 0.3 is 0 Å². The van der Waals surface area contributed by atoms with Gasteiger partial charge in [-0.2, -0.15) is 0 Å². The molecule has 2 N–H and O–H groups in total. The smallest absolute Gasteiger partial charge is 0.142 e. The standard InChI is InChI=1S/C14H11ClIN3/c1-19-13-6-8(15)2-5-12(13)18-14(19)10-7-9(16)3-4-11(10)17/h2-7H,17H2,1H3. The molecule has 0 aliphatic carbocycles. The predicted molar refractivity (Wildman–Crippen MR) is 88.3 cm³/mol. The van der Waals surface area contributed by atoms with E-state index in [1.165, 1.54) is 0 Å². The van der Waals surface area contributed by atoms with E-state index < -0.39 is 0 Å². The highest BCUT2D eigenvalue weighted by Crippen LogP contribution is 2.30. The van der Waals surface area contributed by atoms with E-state index >= 15 is 0 Å². The quantitative estimate of drug-likeness (QED) is 0.508. The molecule has 1 aromatic heterocycles. The van der Waals surface area contributed by atoms with E-state index in [0.29, 0.717) is 5.02 Å². The van der Waals surface area contributed by atoms with Crippen LogP contribution in [0, 0.1) is 3.57 Å². The minimum Gasteiger partial charge on any atom is -0.398 e. The van der Waals surface area contributed by atoms with Crippen molar-refractivity contribution in [3.63, 3.8) is 0 Å². The number of benzene rings is 2. The van der Waals surface area contributed by atoms with Crippen LogP contribution in [0.3, 0.4) is 0 Å². The van der Waals surface area contributed by atoms with Gasteiger partial charge in [0.15, 0.2) is 0 Å². The molecule has 19 heavy (non-hydrogen) atoms. The van der Waals surface area contributed by atoms with Crippen molar-refractivity contribution in [3.05, 3.63) is 45.0 Å². The molecule has 0 spiro atoms. The lowest BCUT2D eigenvalue weighted by atomic mass is 10.2. The van der Waals surface area contributed by atoms with E-state index in [9.17, 15) is 0 Å². The van der Waals surface area contributed by atoms with Crippen LogP contribution in [0.2, 0.25) is 5.02 Å². The summed E-state index contributed by atoms with van der Waals surface area (Å²) in [5, 5.41) is 0.706. The van der Waals surface area contributed by atoms with Crippen molar-refractivity contribution in [2.75, 3.05) is 5.73 Å². The number of rotatable bonds is 1. The van der Waals surface area contributed by atoms with Gasteiger partial charge in [0.25, 0.3) is 0 Å². The molecule has 5 heteroatoms. The van der Waals surface area contributed by atoms with Crippen molar-refractivity contribution in [2.24, 2.45) is 7.05 Å². The third-order valence-corrected chi connectivity index (χ3v) is 4.01. The summed E-state index contributed by atoms with van der Waals surface area (Å²) < 4.78 is 3.15. The summed E-state index contributed by atoms with van der Waals surface area (Å²) in [7, 11) is 1.97. The zero-order chi connectivity index (χ0) is 13.6. The fourth-order valence-electron chi connectivity index (χ4n) is 2.13. The van der Waals surface area contributed by atoms with Gasteiger partial charge in [0.05, 0.1) is 11.0 Å². The summed E-state index contributed by atoms with van der Waals surface area (Å²) in [5.74, 6) is 0.855. The second kappa shape index (κ2) is 4.68. The first kappa shape index (κ1) is 12.7. The molecule has 3 aromatic rings. The number of aromatic nitrogens is 2. The molecule has 0 saturated carbocycles. The Morgan fingerprint density at radius 1 is 1.21 bits per heavy atom. The number of anilines is 1. The summed E-state index contributed by atoms with van der Waals surface area (Å²) >= 11 is 8.31. The van der Waals surface area contributed by atoms with Crippen LogP contribution in [0.1, 0.15) is 0 Å². The fraction of sp³-hybridized carbons (Fsp3) is 0.0714. The van der Waals surface area contributed by atoms with Crippen molar-refractivity contribution in [3.8, 4) is 11.4 Å². The molecule has 0 aliphatic rings. The molecule has 2 aromatic carbocycles. The minimum absolute atomic E-state index is 0.706. The SMILES string of the molecule is Cn1c(-c2cc(I)ccc2N)nc2ccc(Cl)cc21. The Kier molecular flexibility index (Phi) is 3.14. The first-order chi connectivity index (χ1) is 9.06. The normalized spacial score (nSPS) is 11.1. The lowest BCUT2D eigenvalue weighted by molar-refractivity contribution is 0.960. The highest BCUT2D eigenvalue weighted by atomic mass is 127. The van der Waals surface area contributed by atoms with Crippen molar-refractivity contribution in [1.29, 1.82) is 0 Å². The summed E-state index contributed by atoms with van der Waals surface area (Å²) in [6, 6.07) is 11.6. The number of nitrogens with two attached hydrogens (primary N) is 1. The maximum absolute atomic E-state index is 6.06. The molecule has 0 unspecified atom stereocenters. The van der Waals surface area contributed by atoms with E-state index in [2.05, 4.69) is 27.6 Å². The molecule has 3 rings (SSSR count). The number of halogens is 2. The number of aryl methyl sites for hydroxylation is 1. The number of hydrogen-bond donors (Lipinski definition) is 1. The van der Waals surface area contributed by atoms with E-state index in [1.807, 2.05) is 48.0 Å². The lowest BCUT2D eigenvalue weighted by Crippen LogP contribution is -1.97. The van der Waals surface area contributed by atoms with Crippen LogP contribution in [-0.4, -0.2) is 9.55 Å². The zero-order valence-electron chi connectivity index (χ0n) is 10.2. The maximum atomic E-state index is 6.06. The van der Waals surface area contributed by atoms with E-state index in [-0.39, 0.29) is 0 Å². The number of nitrogens with zero attached hydrogens (tertiary/aromatic N) is 2. The van der Waals surface area contributed by atoms with Crippen LogP contribution in [0.4, 0.5) is 5.69 Å². The Labute approximate surface area is 129 Å². The number of nitrogen functional groups attached to an aromatic ring is 1. The van der Waals surface area contributed by atoms with Gasteiger partial charge in [0.1, 0.15) is 5.82 Å². The topological polar surface area (TPSA) is 43.8 Å². The number of imidazole rings is 1. The van der Waals surface area contributed by atoms with Crippen molar-refractivity contribution < 1.29 is 0 Å². The Morgan fingerprint density at radius 2 is 2.00 bits per heavy atom. The molecule has 0 fully saturated rings. The van der Waals surface area contributed by atoms with Crippen molar-refractivity contribution in [1.82, 2.24) is 9.55 Å². The van der Waals surface area contributed by atoms with Crippen molar-refractivity contribution in [2.45, 2.75) is 0 Å². The van der Waals surface area contributed by atoms with Gasteiger partial charge in [-0.3, -0.25) is 0 Å². The van der Waals surface area contributed by atoms with Gasteiger partial charge in [0, 0.05) is 26.9 Å². The molecule has 96 valence electrons. The molecular weight excluding hydrogens is 373 g/mol. The van der Waals surface area contributed by atoms with Crippen LogP contribution < -0.4 is 5.73 Å². The number of hydrogen-bond acceptors (Lipinski definition) is 2. The highest BCUT2D eigenvalue weighted by molar-refractivity contribution is 14.1. The molecule has 0 bridgehead atoms. The number of fused-ring (bicyclic) bond motifs is 1. The summed E-state index contributed by atoms with van der Waals surface area (Å²) in [4.78, 5) is 4.65. The lowest BCUT2D eigenvalue weighted by Gasteiger charge is -2.06. The largest absolute Gasteiger partial charge is 0.398 e. The summed E-state index contributed by atoms with van der Waals surface area (Å²) in [5.41, 5.74) is 9.65. The molecule has 3 nitrogen and oxygen atoms in total. The molecule has 0 amide bonds. The Bertz CT molecular complexity index is 780. The molecule has 0 radical (unpaired) electrons. The van der Waals surface area contributed by atoms with Crippen molar-refractivity contribution >= 4 is 50.9 Å². The van der Waals surface area contributed by atoms with Gasteiger partial charge in [-0.1, -0.05) is 11.6 Å². The first-order valence-electron chi connectivity index (χ1n) is 5.73. The monoisotopic (exact) mass is 383 g/mol. The second-order valence-corrected chi connectivity index (χ2v) is 6.04. The average molecular weight is 384 g/mol. The average Bonchev–Trinajstić information content (AvgIpc) is 2.70. The zero-order valence-corrected chi connectivity index (χ0v) is 13.1. The Balaban J connectivity index is 2.31. The first-order valence-corrected chi connectivity index (χ1v) is 7.19. The van der Waals surface area contributed by atoms with E-state index in [0.717, 1.165) is 31.7 Å². The van der Waals surface area contributed by atoms with Crippen LogP contribution >= 0.6 is 34.2 Å². The molecular formula is C14H11ClIN3. The third-order valence-electron chi connectivity index (χ3n) is 3.10. The third kappa shape index (κ3) is 2.19. The van der Waals surface area contributed by atoms with Crippen LogP contribution in [-0.2, 0) is 7.05 Å². The van der Waals surface area contributed by atoms with Gasteiger partial charge in [-0.05, 0) is 59.0 Å². The van der Waals surface area contributed by atoms with Gasteiger partial charge in [-0.15, -0.1) is 0 Å². The van der Waals surface area contributed by atoms with Gasteiger partial charge in [0.2, 0.25) is 0 Å². The van der Waals surface area contributed by atoms with E-state index in [1.54, 1.807) is 0 Å². The van der Waals surface area contributed by atoms with E-state index in [4.69, 9.17) is 17.3 Å². The fourth-order valence-corrected chi connectivity index (χ4v) is 2.78. The van der Waals surface area contributed by atoms with Crippen LogP contribution in [0.15, 0.2) is 36.4 Å². The van der Waals surface area contributed by atoms with Gasteiger partial charge < -0.3 is 10.3 Å². The molecule has 1 heterocycles. The van der Waals surface area contributed by atoms with Crippen LogP contribution in [0.5, 0.6) is 0 Å². The Morgan fingerprint density at radius 3 is 2.79 bits per heavy atom.